The summed E-state index contributed by atoms with van der Waals surface area (Å²) in [5.74, 6) is -3.02. The second-order valence-corrected chi connectivity index (χ2v) is 6.43. The van der Waals surface area contributed by atoms with Crippen LogP contribution < -0.4 is 10.3 Å². The molecule has 1 amide bonds. The minimum absolute atomic E-state index is 0.114. The second kappa shape index (κ2) is 7.94. The SMILES string of the molecule is NC(=O)C(COP(=O)(O)Oc1cccc(C(=O)O)c1)c1ccccc1. The Kier molecular flexibility index (Phi) is 5.93. The molecule has 2 rings (SSSR count). The normalized spacial score (nSPS) is 14.3. The third-order valence-electron chi connectivity index (χ3n) is 3.25. The van der Waals surface area contributed by atoms with Crippen molar-refractivity contribution in [3.63, 3.8) is 0 Å². The number of phosphoric acid groups is 1. The molecule has 9 heteroatoms. The van der Waals surface area contributed by atoms with Gasteiger partial charge in [-0.2, -0.15) is 0 Å². The Morgan fingerprint density at radius 2 is 1.80 bits per heavy atom. The van der Waals surface area contributed by atoms with Crippen LogP contribution in [0.3, 0.4) is 0 Å². The summed E-state index contributed by atoms with van der Waals surface area (Å²) >= 11 is 0. The predicted octanol–water partition coefficient (Wildman–Crippen LogP) is 2.15. The number of nitrogens with two attached hydrogens (primary N) is 1. The van der Waals surface area contributed by atoms with E-state index in [0.717, 1.165) is 6.07 Å². The van der Waals surface area contributed by atoms with Gasteiger partial charge >= 0.3 is 13.8 Å². The highest BCUT2D eigenvalue weighted by atomic mass is 31.2. The van der Waals surface area contributed by atoms with Gasteiger partial charge in [0.05, 0.1) is 18.1 Å². The first kappa shape index (κ1) is 18.7. The van der Waals surface area contributed by atoms with Crippen LogP contribution in [0.2, 0.25) is 0 Å². The maximum atomic E-state index is 12.0. The van der Waals surface area contributed by atoms with Gasteiger partial charge < -0.3 is 15.4 Å². The molecule has 0 aliphatic heterocycles. The Balaban J connectivity index is 2.07. The molecule has 2 unspecified atom stereocenters. The van der Waals surface area contributed by atoms with Crippen LogP contribution in [0, 0.1) is 0 Å². The molecular formula is C16H16NO7P. The van der Waals surface area contributed by atoms with Crippen LogP contribution in [0.1, 0.15) is 21.8 Å². The van der Waals surface area contributed by atoms with Crippen LogP contribution in [0.5, 0.6) is 5.75 Å². The van der Waals surface area contributed by atoms with E-state index >= 15 is 0 Å². The molecule has 0 saturated carbocycles. The minimum atomic E-state index is -4.58. The summed E-state index contributed by atoms with van der Waals surface area (Å²) in [5.41, 5.74) is 5.72. The number of aromatic carboxylic acids is 1. The summed E-state index contributed by atoms with van der Waals surface area (Å²) in [4.78, 5) is 32.2. The Labute approximate surface area is 143 Å². The van der Waals surface area contributed by atoms with Crippen LogP contribution in [-0.2, 0) is 13.9 Å². The maximum Gasteiger partial charge on any atom is 0.527 e. The first-order chi connectivity index (χ1) is 11.8. The summed E-state index contributed by atoms with van der Waals surface area (Å²) in [6.07, 6.45) is 0. The van der Waals surface area contributed by atoms with Crippen molar-refractivity contribution in [3.05, 3.63) is 65.7 Å². The van der Waals surface area contributed by atoms with Gasteiger partial charge in [0.15, 0.2) is 0 Å². The van der Waals surface area contributed by atoms with Crippen molar-refractivity contribution in [2.75, 3.05) is 6.61 Å². The van der Waals surface area contributed by atoms with Crippen molar-refractivity contribution < 1.29 is 33.2 Å². The lowest BCUT2D eigenvalue weighted by Gasteiger charge is -2.17. The van der Waals surface area contributed by atoms with Gasteiger partial charge in [-0.3, -0.25) is 14.2 Å². The number of amides is 1. The zero-order valence-electron chi connectivity index (χ0n) is 12.9. The van der Waals surface area contributed by atoms with E-state index in [1.807, 2.05) is 0 Å². The molecule has 25 heavy (non-hydrogen) atoms. The fourth-order valence-corrected chi connectivity index (χ4v) is 2.81. The van der Waals surface area contributed by atoms with E-state index in [1.54, 1.807) is 30.3 Å². The van der Waals surface area contributed by atoms with E-state index in [4.69, 9.17) is 19.9 Å². The smallest absolute Gasteiger partial charge is 0.478 e. The minimum Gasteiger partial charge on any atom is -0.478 e. The van der Waals surface area contributed by atoms with Crippen molar-refractivity contribution in [2.45, 2.75) is 5.92 Å². The van der Waals surface area contributed by atoms with Gasteiger partial charge in [0.1, 0.15) is 5.75 Å². The average Bonchev–Trinajstić information content (AvgIpc) is 2.55. The molecule has 0 aliphatic rings. The average molecular weight is 365 g/mol. The van der Waals surface area contributed by atoms with Crippen molar-refractivity contribution in [3.8, 4) is 5.75 Å². The third kappa shape index (κ3) is 5.42. The van der Waals surface area contributed by atoms with Crippen LogP contribution in [0.15, 0.2) is 54.6 Å². The van der Waals surface area contributed by atoms with Gasteiger partial charge in [0.2, 0.25) is 5.91 Å². The lowest BCUT2D eigenvalue weighted by Crippen LogP contribution is -2.25. The molecule has 2 aromatic carbocycles. The number of hydrogen-bond acceptors (Lipinski definition) is 5. The highest BCUT2D eigenvalue weighted by Gasteiger charge is 2.28. The number of carboxylic acid groups (broad SMARTS) is 1. The van der Waals surface area contributed by atoms with Gasteiger partial charge in [-0.05, 0) is 23.8 Å². The number of hydrogen-bond donors (Lipinski definition) is 3. The lowest BCUT2D eigenvalue weighted by atomic mass is 10.00. The first-order valence-corrected chi connectivity index (χ1v) is 8.62. The van der Waals surface area contributed by atoms with Crippen molar-refractivity contribution >= 4 is 19.7 Å². The molecule has 0 fully saturated rings. The lowest BCUT2D eigenvalue weighted by molar-refractivity contribution is -0.120. The number of carboxylic acids is 1. The van der Waals surface area contributed by atoms with E-state index < -0.39 is 32.2 Å². The highest BCUT2D eigenvalue weighted by Crippen LogP contribution is 2.44. The van der Waals surface area contributed by atoms with Crippen LogP contribution in [0.4, 0.5) is 0 Å². The molecule has 0 spiro atoms. The van der Waals surface area contributed by atoms with E-state index in [-0.39, 0.29) is 11.3 Å². The quantitative estimate of drug-likeness (QED) is 0.610. The van der Waals surface area contributed by atoms with Gasteiger partial charge in [-0.15, -0.1) is 0 Å². The molecule has 0 radical (unpaired) electrons. The summed E-state index contributed by atoms with van der Waals surface area (Å²) in [7, 11) is -4.58. The molecule has 0 bridgehead atoms. The summed E-state index contributed by atoms with van der Waals surface area (Å²) in [6, 6.07) is 13.5. The monoisotopic (exact) mass is 365 g/mol. The number of carbonyl (C=O) groups is 2. The van der Waals surface area contributed by atoms with Gasteiger partial charge in [-0.1, -0.05) is 36.4 Å². The first-order valence-electron chi connectivity index (χ1n) is 7.13. The van der Waals surface area contributed by atoms with Crippen LogP contribution >= 0.6 is 7.82 Å². The van der Waals surface area contributed by atoms with E-state index in [0.29, 0.717) is 5.56 Å². The standard InChI is InChI=1S/C16H16NO7P/c17-15(18)14(11-5-2-1-3-6-11)10-23-25(21,22)24-13-8-4-7-12(9-13)16(19)20/h1-9,14H,10H2,(H2,17,18)(H,19,20)(H,21,22). The largest absolute Gasteiger partial charge is 0.527 e. The fraction of sp³-hybridized carbons (Fsp3) is 0.125. The van der Waals surface area contributed by atoms with Crippen LogP contribution in [0.25, 0.3) is 0 Å². The molecular weight excluding hydrogens is 349 g/mol. The molecule has 0 heterocycles. The Morgan fingerprint density at radius 1 is 1.12 bits per heavy atom. The Bertz CT molecular complexity index is 809. The van der Waals surface area contributed by atoms with E-state index in [2.05, 4.69) is 0 Å². The molecule has 4 N–H and O–H groups in total. The number of rotatable bonds is 8. The number of primary amides is 1. The van der Waals surface area contributed by atoms with Crippen LogP contribution in [-0.4, -0.2) is 28.5 Å². The molecule has 132 valence electrons. The van der Waals surface area contributed by atoms with Gasteiger partial charge in [-0.25, -0.2) is 9.36 Å². The topological polar surface area (TPSA) is 136 Å². The molecule has 0 saturated heterocycles. The molecule has 2 atom stereocenters. The number of carbonyl (C=O) groups excluding carboxylic acids is 1. The van der Waals surface area contributed by atoms with Gasteiger partial charge in [0.25, 0.3) is 0 Å². The fourth-order valence-electron chi connectivity index (χ4n) is 2.04. The molecule has 8 nitrogen and oxygen atoms in total. The maximum absolute atomic E-state index is 12.0. The summed E-state index contributed by atoms with van der Waals surface area (Å²) < 4.78 is 21.7. The van der Waals surface area contributed by atoms with Crippen molar-refractivity contribution in [1.29, 1.82) is 0 Å². The Morgan fingerprint density at radius 3 is 2.40 bits per heavy atom. The second-order valence-electron chi connectivity index (χ2n) is 5.05. The molecule has 2 aromatic rings. The van der Waals surface area contributed by atoms with Gasteiger partial charge in [0, 0.05) is 0 Å². The summed E-state index contributed by atoms with van der Waals surface area (Å²) in [6.45, 7) is -0.467. The zero-order chi connectivity index (χ0) is 18.4. The van der Waals surface area contributed by atoms with E-state index in [9.17, 15) is 19.0 Å². The Hall–Kier alpha value is -2.67. The van der Waals surface area contributed by atoms with Crippen molar-refractivity contribution in [2.24, 2.45) is 5.73 Å². The summed E-state index contributed by atoms with van der Waals surface area (Å²) in [5, 5.41) is 8.90. The zero-order valence-corrected chi connectivity index (χ0v) is 13.8. The number of benzene rings is 2. The highest BCUT2D eigenvalue weighted by molar-refractivity contribution is 7.47. The van der Waals surface area contributed by atoms with Crippen molar-refractivity contribution in [1.82, 2.24) is 0 Å². The molecule has 0 aliphatic carbocycles. The van der Waals surface area contributed by atoms with E-state index in [1.165, 1.54) is 18.2 Å². The molecule has 0 aromatic heterocycles. The predicted molar refractivity (Wildman–Crippen MR) is 88.2 cm³/mol. The number of phosphoric ester groups is 1. The third-order valence-corrected chi connectivity index (χ3v) is 4.17.